The van der Waals surface area contributed by atoms with E-state index < -0.39 is 24.2 Å². The number of nitrogens with zero attached hydrogens (tertiary/aromatic N) is 4. The van der Waals surface area contributed by atoms with Crippen molar-refractivity contribution in [2.75, 3.05) is 18.9 Å². The first-order chi connectivity index (χ1) is 23.2. The van der Waals surface area contributed by atoms with Gasteiger partial charge in [-0.3, -0.25) is 4.79 Å². The first kappa shape index (κ1) is 38.6. The van der Waals surface area contributed by atoms with E-state index in [0.29, 0.717) is 39.2 Å². The number of hydrogen-bond donors (Lipinski definition) is 4. The molecule has 11 nitrogen and oxygen atoms in total. The highest BCUT2D eigenvalue weighted by molar-refractivity contribution is 7.98. The van der Waals surface area contributed by atoms with E-state index >= 15 is 0 Å². The Hall–Kier alpha value is -4.87. The Balaban J connectivity index is 0.000000838. The smallest absolute Gasteiger partial charge is 0.490 e. The number of halogens is 4. The molecule has 0 bridgehead atoms. The molecule has 2 aromatic carbocycles. The second-order valence-corrected chi connectivity index (χ2v) is 12.5. The van der Waals surface area contributed by atoms with E-state index in [-0.39, 0.29) is 29.5 Å². The number of nitriles is 2. The first-order valence-corrected chi connectivity index (χ1v) is 16.4. The molecule has 0 saturated carbocycles. The van der Waals surface area contributed by atoms with Crippen LogP contribution in [-0.2, 0) is 15.3 Å². The van der Waals surface area contributed by atoms with E-state index in [9.17, 15) is 33.6 Å². The quantitative estimate of drug-likeness (QED) is 0.0875. The van der Waals surface area contributed by atoms with Crippen LogP contribution in [0.3, 0.4) is 0 Å². The maximum Gasteiger partial charge on any atom is 0.490 e. The Morgan fingerprint density at radius 2 is 1.63 bits per heavy atom. The van der Waals surface area contributed by atoms with Gasteiger partial charge in [-0.15, -0.1) is 11.3 Å². The molecule has 0 aliphatic rings. The Bertz CT molecular complexity index is 1860. The van der Waals surface area contributed by atoms with Crippen molar-refractivity contribution < 1.29 is 37.7 Å². The number of carboxylic acid groups (broad SMARTS) is 2. The summed E-state index contributed by atoms with van der Waals surface area (Å²) in [6.45, 7) is 4.30. The van der Waals surface area contributed by atoms with E-state index in [4.69, 9.17) is 37.0 Å². The molecule has 49 heavy (non-hydrogen) atoms. The van der Waals surface area contributed by atoms with E-state index in [1.165, 1.54) is 23.1 Å². The van der Waals surface area contributed by atoms with Gasteiger partial charge < -0.3 is 26.0 Å². The number of carboxylic acids is 2. The van der Waals surface area contributed by atoms with Crippen molar-refractivity contribution in [2.24, 2.45) is 5.92 Å². The van der Waals surface area contributed by atoms with E-state index in [1.54, 1.807) is 24.3 Å². The molecular formula is C32H28ClF3N6O5S2. The number of thiazole rings is 1. The number of anilines is 1. The Kier molecular flexibility index (Phi) is 13.8. The molecular weight excluding hydrogens is 705 g/mol. The summed E-state index contributed by atoms with van der Waals surface area (Å²) in [5.41, 5.74) is 9.37. The van der Waals surface area contributed by atoms with E-state index in [1.807, 2.05) is 43.5 Å². The molecule has 17 heteroatoms. The highest BCUT2D eigenvalue weighted by Crippen LogP contribution is 2.37. The molecule has 1 atom stereocenters. The molecule has 5 N–H and O–H groups in total. The van der Waals surface area contributed by atoms with Gasteiger partial charge in [0, 0.05) is 33.8 Å². The van der Waals surface area contributed by atoms with Crippen molar-refractivity contribution in [3.8, 4) is 39.6 Å². The normalized spacial score (nSPS) is 11.5. The number of alkyl halides is 3. The Morgan fingerprint density at radius 3 is 2.16 bits per heavy atom. The molecule has 0 fully saturated rings. The van der Waals surface area contributed by atoms with Crippen LogP contribution in [-0.4, -0.2) is 57.5 Å². The summed E-state index contributed by atoms with van der Waals surface area (Å²) >= 11 is 8.83. The van der Waals surface area contributed by atoms with E-state index in [2.05, 4.69) is 22.4 Å². The number of rotatable bonds is 12. The molecule has 4 aromatic rings. The topological polar surface area (TPSA) is 195 Å². The maximum absolute atomic E-state index is 11.3. The minimum atomic E-state index is -5.08. The largest absolute Gasteiger partial charge is 0.492 e. The summed E-state index contributed by atoms with van der Waals surface area (Å²) in [6, 6.07) is 18.1. The summed E-state index contributed by atoms with van der Waals surface area (Å²) in [5, 5.41) is 43.2. The number of nitrogen functional groups attached to an aromatic ring is 1. The van der Waals surface area contributed by atoms with E-state index in [0.717, 1.165) is 16.3 Å². The molecule has 4 rings (SSSR count). The number of pyridine rings is 1. The Labute approximate surface area is 292 Å². The summed E-state index contributed by atoms with van der Waals surface area (Å²) in [7, 11) is 0. The number of carbonyl (C=O) groups is 2. The van der Waals surface area contributed by atoms with Gasteiger partial charge in [-0.2, -0.15) is 23.7 Å². The molecule has 0 radical (unpaired) electrons. The van der Waals surface area contributed by atoms with Crippen LogP contribution in [0.5, 0.6) is 5.75 Å². The predicted molar refractivity (Wildman–Crippen MR) is 179 cm³/mol. The zero-order valence-electron chi connectivity index (χ0n) is 25.8. The minimum absolute atomic E-state index is 0.0404. The average molecular weight is 733 g/mol. The molecule has 256 valence electrons. The van der Waals surface area contributed by atoms with Gasteiger partial charge in [0.1, 0.15) is 52.0 Å². The fourth-order valence-corrected chi connectivity index (χ4v) is 6.09. The lowest BCUT2D eigenvalue weighted by Crippen LogP contribution is -2.42. The molecule has 0 amide bonds. The number of nitrogens with two attached hydrogens (primary N) is 1. The summed E-state index contributed by atoms with van der Waals surface area (Å²) < 4.78 is 37.5. The monoisotopic (exact) mass is 732 g/mol. The molecule has 0 spiro atoms. The number of aliphatic carboxylic acids is 2. The van der Waals surface area contributed by atoms with Crippen LogP contribution in [0.4, 0.5) is 19.0 Å². The SMILES string of the molecule is CC(C)[C@H](NCCOc1ccc(-c2c(C#N)c(N)nc(SCc3csc(-c4ccc(Cl)cc4)n3)c2C#N)cc1)C(=O)O.O=C(O)C(F)(F)F. The summed E-state index contributed by atoms with van der Waals surface area (Å²) in [6.07, 6.45) is -5.08. The molecule has 0 aliphatic heterocycles. The molecule has 0 saturated heterocycles. The second-order valence-electron chi connectivity index (χ2n) is 10.3. The number of thioether (sulfide) groups is 1. The fraction of sp³-hybridized carbons (Fsp3) is 0.250. The van der Waals surface area contributed by atoms with Gasteiger partial charge in [0.15, 0.2) is 0 Å². The third-order valence-corrected chi connectivity index (χ3v) is 8.67. The van der Waals surface area contributed by atoms with Gasteiger partial charge in [0.05, 0.1) is 11.3 Å². The molecule has 2 heterocycles. The van der Waals surface area contributed by atoms with Crippen LogP contribution in [0.25, 0.3) is 21.7 Å². The van der Waals surface area contributed by atoms with Gasteiger partial charge >= 0.3 is 18.1 Å². The van der Waals surface area contributed by atoms with Crippen molar-refractivity contribution in [3.05, 3.63) is 75.8 Å². The van der Waals surface area contributed by atoms with Crippen molar-refractivity contribution in [2.45, 2.75) is 36.8 Å². The molecule has 2 aromatic heterocycles. The lowest BCUT2D eigenvalue weighted by molar-refractivity contribution is -0.192. The lowest BCUT2D eigenvalue weighted by Gasteiger charge is -2.18. The second kappa shape index (κ2) is 17.5. The first-order valence-electron chi connectivity index (χ1n) is 14.1. The van der Waals surface area contributed by atoms with Crippen LogP contribution in [0.15, 0.2) is 58.9 Å². The van der Waals surface area contributed by atoms with Crippen molar-refractivity contribution in [1.82, 2.24) is 15.3 Å². The minimum Gasteiger partial charge on any atom is -0.492 e. The zero-order chi connectivity index (χ0) is 36.3. The van der Waals surface area contributed by atoms with Gasteiger partial charge in [-0.05, 0) is 35.7 Å². The van der Waals surface area contributed by atoms with Crippen LogP contribution in [0.2, 0.25) is 5.02 Å². The number of ether oxygens (including phenoxy) is 1. The fourth-order valence-electron chi connectivity index (χ4n) is 4.14. The third-order valence-electron chi connectivity index (χ3n) is 6.47. The average Bonchev–Trinajstić information content (AvgIpc) is 3.52. The molecule has 0 unspecified atom stereocenters. The summed E-state index contributed by atoms with van der Waals surface area (Å²) in [5.74, 6) is -2.66. The van der Waals surface area contributed by atoms with Crippen molar-refractivity contribution in [3.63, 3.8) is 0 Å². The number of nitrogens with one attached hydrogen (secondary N) is 1. The van der Waals surface area contributed by atoms with Gasteiger partial charge in [-0.25, -0.2) is 14.8 Å². The number of hydrogen-bond acceptors (Lipinski definition) is 11. The van der Waals surface area contributed by atoms with Crippen molar-refractivity contribution in [1.29, 1.82) is 10.5 Å². The van der Waals surface area contributed by atoms with Crippen LogP contribution in [0.1, 0.15) is 30.7 Å². The van der Waals surface area contributed by atoms with Gasteiger partial charge in [0.2, 0.25) is 0 Å². The number of benzene rings is 2. The highest BCUT2D eigenvalue weighted by atomic mass is 35.5. The van der Waals surface area contributed by atoms with Crippen LogP contribution < -0.4 is 15.8 Å². The van der Waals surface area contributed by atoms with Crippen LogP contribution in [0, 0.1) is 28.6 Å². The zero-order valence-corrected chi connectivity index (χ0v) is 28.2. The standard InChI is InChI=1S/C30H27ClN6O3S2.C2HF3O2/c1-17(2)26(30(38)39)35-11-12-40-22-9-5-18(6-10-22)25-23(13-32)27(34)37-29(24(25)14-33)42-16-21-15-41-28(36-21)19-3-7-20(31)8-4-19;3-2(4,5)1(6)7/h3-10,15,17,26,35H,11-12,16H2,1-2H3,(H2,34,37)(H,38,39);(H,6,7)/t26-;/m0./s1. The predicted octanol–water partition coefficient (Wildman–Crippen LogP) is 6.85. The summed E-state index contributed by atoms with van der Waals surface area (Å²) in [4.78, 5) is 29.3. The Morgan fingerprint density at radius 1 is 1.04 bits per heavy atom. The molecule has 0 aliphatic carbocycles. The highest BCUT2D eigenvalue weighted by Gasteiger charge is 2.38. The van der Waals surface area contributed by atoms with Gasteiger partial charge in [-0.1, -0.05) is 61.5 Å². The van der Waals surface area contributed by atoms with Gasteiger partial charge in [0.25, 0.3) is 0 Å². The lowest BCUT2D eigenvalue weighted by atomic mass is 9.97. The van der Waals surface area contributed by atoms with Crippen molar-refractivity contribution >= 4 is 52.5 Å². The number of aromatic nitrogens is 2. The van der Waals surface area contributed by atoms with Crippen LogP contribution >= 0.6 is 34.7 Å². The maximum atomic E-state index is 11.3. The third kappa shape index (κ3) is 10.8.